The summed E-state index contributed by atoms with van der Waals surface area (Å²) in [5, 5.41) is 9.56. The highest BCUT2D eigenvalue weighted by Crippen LogP contribution is 2.29. The summed E-state index contributed by atoms with van der Waals surface area (Å²) >= 11 is 1.71. The minimum absolute atomic E-state index is 0.162. The van der Waals surface area contributed by atoms with Gasteiger partial charge in [-0.3, -0.25) is 4.79 Å². The summed E-state index contributed by atoms with van der Waals surface area (Å²) in [6.45, 7) is 5.49. The van der Waals surface area contributed by atoms with Crippen LogP contribution in [0.2, 0.25) is 0 Å². The molecule has 2 aromatic heterocycles. The van der Waals surface area contributed by atoms with Crippen LogP contribution >= 0.6 is 11.8 Å². The van der Waals surface area contributed by atoms with Crippen molar-refractivity contribution >= 4 is 34.5 Å². The Kier molecular flexibility index (Phi) is 8.65. The number of anilines is 1. The first-order chi connectivity index (χ1) is 15.7. The lowest BCUT2D eigenvalue weighted by Gasteiger charge is -2.28. The molecule has 0 aromatic carbocycles. The van der Waals surface area contributed by atoms with Crippen molar-refractivity contribution in [1.29, 1.82) is 0 Å². The number of piperidine rings is 1. The van der Waals surface area contributed by atoms with Crippen molar-refractivity contribution in [2.24, 2.45) is 5.92 Å². The molecule has 0 bridgehead atoms. The van der Waals surface area contributed by atoms with Crippen LogP contribution < -0.4 is 10.2 Å². The van der Waals surface area contributed by atoms with Gasteiger partial charge >= 0.3 is 0 Å². The lowest BCUT2D eigenvalue weighted by Crippen LogP contribution is -2.30. The number of hydrogen-bond donors (Lipinski definition) is 1. The lowest BCUT2D eigenvalue weighted by atomic mass is 9.86. The monoisotopic (exact) mass is 458 g/mol. The highest BCUT2D eigenvalue weighted by Gasteiger charge is 2.20. The van der Waals surface area contributed by atoms with E-state index < -0.39 is 0 Å². The van der Waals surface area contributed by atoms with Gasteiger partial charge < -0.3 is 10.2 Å². The van der Waals surface area contributed by atoms with Crippen LogP contribution in [0.4, 0.5) is 5.82 Å². The first-order valence-electron chi connectivity index (χ1n) is 12.6. The molecule has 2 fully saturated rings. The number of carbonyl (C=O) groups is 1. The molecule has 176 valence electrons. The largest absolute Gasteiger partial charge is 0.356 e. The number of fused-ring (bicyclic) bond motifs is 1. The first-order valence-corrected chi connectivity index (χ1v) is 13.6. The molecule has 1 aliphatic carbocycles. The summed E-state index contributed by atoms with van der Waals surface area (Å²) in [7, 11) is 0. The molecule has 1 aliphatic heterocycles. The third kappa shape index (κ3) is 6.15. The fourth-order valence-electron chi connectivity index (χ4n) is 4.89. The Morgan fingerprint density at radius 2 is 1.91 bits per heavy atom. The van der Waals surface area contributed by atoms with Gasteiger partial charge in [-0.2, -0.15) is 5.10 Å². The van der Waals surface area contributed by atoms with E-state index in [1.807, 2.05) is 10.9 Å². The molecular weight excluding hydrogens is 420 g/mol. The van der Waals surface area contributed by atoms with Crippen molar-refractivity contribution in [2.75, 3.05) is 30.3 Å². The van der Waals surface area contributed by atoms with Gasteiger partial charge in [-0.1, -0.05) is 50.8 Å². The second-order valence-corrected chi connectivity index (χ2v) is 10.3. The third-order valence-electron chi connectivity index (χ3n) is 6.70. The summed E-state index contributed by atoms with van der Waals surface area (Å²) in [6.07, 6.45) is 15.0. The number of amides is 1. The van der Waals surface area contributed by atoms with Crippen molar-refractivity contribution < 1.29 is 4.79 Å². The van der Waals surface area contributed by atoms with E-state index in [0.717, 1.165) is 59.6 Å². The maximum Gasteiger partial charge on any atom is 0.220 e. The van der Waals surface area contributed by atoms with Gasteiger partial charge in [0.2, 0.25) is 5.91 Å². The molecule has 1 saturated carbocycles. The maximum atomic E-state index is 12.3. The molecule has 8 heteroatoms. The lowest BCUT2D eigenvalue weighted by molar-refractivity contribution is -0.121. The molecule has 0 spiro atoms. The summed E-state index contributed by atoms with van der Waals surface area (Å²) in [5.74, 6) is 2.94. The van der Waals surface area contributed by atoms with Crippen LogP contribution in [0.15, 0.2) is 11.4 Å². The number of rotatable bonds is 10. The summed E-state index contributed by atoms with van der Waals surface area (Å²) in [4.78, 5) is 24.5. The van der Waals surface area contributed by atoms with Crippen LogP contribution in [-0.4, -0.2) is 51.0 Å². The van der Waals surface area contributed by atoms with E-state index in [-0.39, 0.29) is 5.91 Å². The highest BCUT2D eigenvalue weighted by atomic mass is 32.2. The van der Waals surface area contributed by atoms with Crippen molar-refractivity contribution in [3.8, 4) is 0 Å². The smallest absolute Gasteiger partial charge is 0.220 e. The highest BCUT2D eigenvalue weighted by molar-refractivity contribution is 7.99. The number of aromatic nitrogens is 4. The number of thioether (sulfide) groups is 1. The van der Waals surface area contributed by atoms with Crippen LogP contribution in [0.1, 0.15) is 77.6 Å². The first kappa shape index (κ1) is 23.3. The molecule has 0 radical (unpaired) electrons. The summed E-state index contributed by atoms with van der Waals surface area (Å²) in [6, 6.07) is 0. The molecule has 4 rings (SSSR count). The SMILES string of the molecule is CCCSc1nc(N2CCCCC2)c2cnn(CCNC(=O)CCC3CCCCC3)c2n1. The molecule has 0 atom stereocenters. The van der Waals surface area contributed by atoms with E-state index in [1.54, 1.807) is 11.8 Å². The zero-order chi connectivity index (χ0) is 22.2. The van der Waals surface area contributed by atoms with E-state index in [4.69, 9.17) is 9.97 Å². The Morgan fingerprint density at radius 1 is 1.12 bits per heavy atom. The van der Waals surface area contributed by atoms with Crippen LogP contribution in [0.25, 0.3) is 11.0 Å². The number of nitrogens with zero attached hydrogens (tertiary/aromatic N) is 5. The Morgan fingerprint density at radius 3 is 2.69 bits per heavy atom. The topological polar surface area (TPSA) is 75.9 Å². The second kappa shape index (κ2) is 11.9. The van der Waals surface area contributed by atoms with Crippen LogP contribution in [-0.2, 0) is 11.3 Å². The predicted octanol–water partition coefficient (Wildman–Crippen LogP) is 4.80. The van der Waals surface area contributed by atoms with Crippen LogP contribution in [0.3, 0.4) is 0 Å². The van der Waals surface area contributed by atoms with Crippen molar-refractivity contribution in [1.82, 2.24) is 25.1 Å². The maximum absolute atomic E-state index is 12.3. The van der Waals surface area contributed by atoms with Gasteiger partial charge in [-0.15, -0.1) is 0 Å². The van der Waals surface area contributed by atoms with Crippen LogP contribution in [0.5, 0.6) is 0 Å². The molecule has 0 unspecified atom stereocenters. The molecule has 1 amide bonds. The Hall–Kier alpha value is -1.83. The van der Waals surface area contributed by atoms with Gasteiger partial charge in [0.1, 0.15) is 5.82 Å². The van der Waals surface area contributed by atoms with E-state index in [1.165, 1.54) is 51.4 Å². The Bertz CT molecular complexity index is 873. The predicted molar refractivity (Wildman–Crippen MR) is 131 cm³/mol. The molecule has 3 heterocycles. The van der Waals surface area contributed by atoms with Gasteiger partial charge in [0.05, 0.1) is 18.1 Å². The molecule has 1 N–H and O–H groups in total. The fraction of sp³-hybridized carbons (Fsp3) is 0.750. The third-order valence-corrected chi connectivity index (χ3v) is 7.75. The van der Waals surface area contributed by atoms with E-state index in [0.29, 0.717) is 19.5 Å². The van der Waals surface area contributed by atoms with Gasteiger partial charge in [-0.05, 0) is 38.0 Å². The summed E-state index contributed by atoms with van der Waals surface area (Å²) in [5.41, 5.74) is 0.885. The van der Waals surface area contributed by atoms with Crippen molar-refractivity contribution in [3.05, 3.63) is 6.20 Å². The van der Waals surface area contributed by atoms with E-state index in [2.05, 4.69) is 22.2 Å². The van der Waals surface area contributed by atoms with Gasteiger partial charge in [0, 0.05) is 31.8 Å². The molecule has 7 nitrogen and oxygen atoms in total. The fourth-order valence-corrected chi connectivity index (χ4v) is 5.58. The van der Waals surface area contributed by atoms with Crippen molar-refractivity contribution in [2.45, 2.75) is 89.3 Å². The molecule has 1 saturated heterocycles. The zero-order valence-electron chi connectivity index (χ0n) is 19.5. The van der Waals surface area contributed by atoms with Crippen LogP contribution in [0, 0.1) is 5.92 Å². The zero-order valence-corrected chi connectivity index (χ0v) is 20.3. The normalized spacial score (nSPS) is 17.7. The summed E-state index contributed by atoms with van der Waals surface area (Å²) < 4.78 is 1.93. The standard InChI is InChI=1S/C24H38N6OS/c1-2-17-32-24-27-22(29-14-7-4-8-15-29)20-18-26-30(23(20)28-24)16-13-25-21(31)12-11-19-9-5-3-6-10-19/h18-19H,2-17H2,1H3,(H,25,31). The quantitative estimate of drug-likeness (QED) is 0.407. The van der Waals surface area contributed by atoms with Gasteiger partial charge in [0.25, 0.3) is 0 Å². The minimum atomic E-state index is 0.162. The second-order valence-electron chi connectivity index (χ2n) is 9.22. The molecule has 2 aliphatic rings. The van der Waals surface area contributed by atoms with Crippen molar-refractivity contribution in [3.63, 3.8) is 0 Å². The average Bonchev–Trinajstić information content (AvgIpc) is 3.25. The molecule has 32 heavy (non-hydrogen) atoms. The average molecular weight is 459 g/mol. The Labute approximate surface area is 196 Å². The number of hydrogen-bond acceptors (Lipinski definition) is 6. The van der Waals surface area contributed by atoms with E-state index >= 15 is 0 Å². The van der Waals surface area contributed by atoms with E-state index in [9.17, 15) is 4.79 Å². The van der Waals surface area contributed by atoms with Gasteiger partial charge in [-0.25, -0.2) is 14.6 Å². The number of nitrogens with one attached hydrogen (secondary N) is 1. The van der Waals surface area contributed by atoms with Gasteiger partial charge in [0.15, 0.2) is 10.8 Å². The number of carbonyl (C=O) groups excluding carboxylic acids is 1. The molecule has 2 aromatic rings. The Balaban J connectivity index is 1.39. The minimum Gasteiger partial charge on any atom is -0.356 e. The molecular formula is C24H38N6OS.